The third-order valence-corrected chi connectivity index (χ3v) is 5.95. The van der Waals surface area contributed by atoms with Gasteiger partial charge in [-0.3, -0.25) is 9.59 Å². The lowest BCUT2D eigenvalue weighted by molar-refractivity contribution is -0.129. The van der Waals surface area contributed by atoms with Crippen molar-refractivity contribution in [2.24, 2.45) is 5.92 Å². The number of halogens is 1. The number of ketones is 2. The third-order valence-electron chi connectivity index (χ3n) is 5.59. The van der Waals surface area contributed by atoms with Crippen molar-refractivity contribution in [1.29, 1.82) is 0 Å². The van der Waals surface area contributed by atoms with Gasteiger partial charge in [-0.25, -0.2) is 4.98 Å². The molecular weight excluding hydrogens is 410 g/mol. The van der Waals surface area contributed by atoms with E-state index >= 15 is 0 Å². The number of nitrogens with zero attached hydrogens (tertiary/aromatic N) is 2. The number of benzene rings is 1. The molecule has 2 aliphatic rings. The Bertz CT molecular complexity index is 1030. The maximum Gasteiger partial charge on any atom is 0.236 e. The zero-order valence-electron chi connectivity index (χ0n) is 16.9. The fourth-order valence-electron chi connectivity index (χ4n) is 4.02. The predicted octanol–water partition coefficient (Wildman–Crippen LogP) is 2.65. The molecule has 1 aromatic carbocycles. The molecule has 1 spiro atoms. The smallest absolute Gasteiger partial charge is 0.236 e. The minimum atomic E-state index is -1.65. The van der Waals surface area contributed by atoms with E-state index in [-0.39, 0.29) is 22.1 Å². The molecule has 0 radical (unpaired) electrons. The first-order chi connectivity index (χ1) is 14.4. The average molecular weight is 432 g/mol. The summed E-state index contributed by atoms with van der Waals surface area (Å²) in [5, 5.41) is 3.41. The Morgan fingerprint density at radius 3 is 2.73 bits per heavy atom. The molecule has 0 fully saturated rings. The summed E-state index contributed by atoms with van der Waals surface area (Å²) >= 11 is 6.39. The highest BCUT2D eigenvalue weighted by Crippen LogP contribution is 2.52. The molecule has 1 N–H and O–H groups in total. The lowest BCUT2D eigenvalue weighted by Crippen LogP contribution is -2.55. The number of carbonyl (C=O) groups excluding carboxylic acids is 2. The number of nitrogens with one attached hydrogen (secondary N) is 1. The molecule has 30 heavy (non-hydrogen) atoms. The standard InChI is InChI=1S/C21H22ClN3O5/c1-12-8-13(24-5-7-25-6-4-23-11-25)9-16(26)21(12)20(27)17-14(28-2)10-15(29-3)18(22)19(17)30-21/h4,6,9-12,24H,5,7-8H2,1-3H3. The number of hydrogen-bond acceptors (Lipinski definition) is 7. The van der Waals surface area contributed by atoms with Crippen molar-refractivity contribution in [3.63, 3.8) is 0 Å². The van der Waals surface area contributed by atoms with E-state index in [1.165, 1.54) is 26.4 Å². The van der Waals surface area contributed by atoms with Gasteiger partial charge in [-0.05, 0) is 6.42 Å². The maximum atomic E-state index is 13.4. The fourth-order valence-corrected chi connectivity index (χ4v) is 4.28. The van der Waals surface area contributed by atoms with Crippen molar-refractivity contribution in [2.45, 2.75) is 25.5 Å². The van der Waals surface area contributed by atoms with Crippen LogP contribution in [0.3, 0.4) is 0 Å². The molecule has 2 atom stereocenters. The number of rotatable bonds is 6. The molecule has 9 heteroatoms. The van der Waals surface area contributed by atoms with Crippen LogP contribution in [0.4, 0.5) is 0 Å². The van der Waals surface area contributed by atoms with Gasteiger partial charge in [0.25, 0.3) is 0 Å². The van der Waals surface area contributed by atoms with E-state index in [0.717, 1.165) is 5.70 Å². The van der Waals surface area contributed by atoms with Crippen molar-refractivity contribution in [2.75, 3.05) is 20.8 Å². The van der Waals surface area contributed by atoms with Gasteiger partial charge in [-0.1, -0.05) is 18.5 Å². The zero-order valence-corrected chi connectivity index (χ0v) is 17.7. The third kappa shape index (κ3) is 3.02. The number of allylic oxidation sites excluding steroid dienone is 1. The first-order valence-corrected chi connectivity index (χ1v) is 9.93. The van der Waals surface area contributed by atoms with Gasteiger partial charge in [0, 0.05) is 49.2 Å². The quantitative estimate of drug-likeness (QED) is 0.703. The van der Waals surface area contributed by atoms with Gasteiger partial charge >= 0.3 is 0 Å². The Morgan fingerprint density at radius 2 is 2.10 bits per heavy atom. The summed E-state index contributed by atoms with van der Waals surface area (Å²) < 4.78 is 18.6. The molecule has 0 saturated heterocycles. The van der Waals surface area contributed by atoms with Gasteiger partial charge in [0.15, 0.2) is 5.75 Å². The summed E-state index contributed by atoms with van der Waals surface area (Å²) in [5.74, 6) is -0.554. The largest absolute Gasteiger partial charge is 0.496 e. The van der Waals surface area contributed by atoms with Crippen molar-refractivity contribution in [3.05, 3.63) is 47.1 Å². The van der Waals surface area contributed by atoms with E-state index in [1.54, 1.807) is 12.5 Å². The molecule has 2 unspecified atom stereocenters. The van der Waals surface area contributed by atoms with E-state index in [9.17, 15) is 9.59 Å². The van der Waals surface area contributed by atoms with Crippen LogP contribution in [0.5, 0.6) is 17.2 Å². The van der Waals surface area contributed by atoms with Gasteiger partial charge in [-0.2, -0.15) is 0 Å². The molecular formula is C21H22ClN3O5. The van der Waals surface area contributed by atoms with Gasteiger partial charge in [0.1, 0.15) is 22.1 Å². The minimum absolute atomic E-state index is 0.128. The van der Waals surface area contributed by atoms with E-state index in [0.29, 0.717) is 25.3 Å². The van der Waals surface area contributed by atoms with Gasteiger partial charge in [0.2, 0.25) is 17.2 Å². The number of hydrogen-bond donors (Lipinski definition) is 1. The highest BCUT2D eigenvalue weighted by molar-refractivity contribution is 6.36. The topological polar surface area (TPSA) is 91.7 Å². The predicted molar refractivity (Wildman–Crippen MR) is 109 cm³/mol. The van der Waals surface area contributed by atoms with E-state index in [1.807, 2.05) is 17.7 Å². The Morgan fingerprint density at radius 1 is 1.33 bits per heavy atom. The maximum absolute atomic E-state index is 13.4. The minimum Gasteiger partial charge on any atom is -0.496 e. The van der Waals surface area contributed by atoms with E-state index in [4.69, 9.17) is 25.8 Å². The highest BCUT2D eigenvalue weighted by atomic mass is 35.5. The van der Waals surface area contributed by atoms with Crippen molar-refractivity contribution in [1.82, 2.24) is 14.9 Å². The van der Waals surface area contributed by atoms with Crippen LogP contribution in [0.25, 0.3) is 0 Å². The number of Topliss-reactive ketones (excluding diaryl/α,β-unsaturated/α-hetero) is 1. The SMILES string of the molecule is COc1cc(OC)c2c(c1Cl)OC1(C(=O)C=C(NCCn3ccnc3)CC1C)C2=O. The van der Waals surface area contributed by atoms with E-state index < -0.39 is 23.1 Å². The normalized spacial score (nSPS) is 22.5. The number of carbonyl (C=O) groups is 2. The molecule has 0 saturated carbocycles. The summed E-state index contributed by atoms with van der Waals surface area (Å²) in [5.41, 5.74) is -0.712. The lowest BCUT2D eigenvalue weighted by Gasteiger charge is -2.35. The summed E-state index contributed by atoms with van der Waals surface area (Å²) in [7, 11) is 2.90. The number of fused-ring (bicyclic) bond motifs is 1. The molecule has 4 rings (SSSR count). The number of methoxy groups -OCH3 is 2. The van der Waals surface area contributed by atoms with Crippen LogP contribution >= 0.6 is 11.6 Å². The lowest BCUT2D eigenvalue weighted by atomic mass is 9.74. The van der Waals surface area contributed by atoms with Crippen LogP contribution < -0.4 is 19.5 Å². The fraction of sp³-hybridized carbons (Fsp3) is 0.381. The Kier molecular flexibility index (Phi) is 5.19. The summed E-state index contributed by atoms with van der Waals surface area (Å²) in [6.07, 6.45) is 7.24. The first kappa shape index (κ1) is 20.3. The van der Waals surface area contributed by atoms with Crippen LogP contribution in [-0.2, 0) is 11.3 Å². The van der Waals surface area contributed by atoms with Crippen molar-refractivity contribution < 1.29 is 23.8 Å². The molecule has 0 amide bonds. The first-order valence-electron chi connectivity index (χ1n) is 9.55. The number of ether oxygens (including phenoxy) is 3. The summed E-state index contributed by atoms with van der Waals surface area (Å²) in [4.78, 5) is 30.6. The number of imidazole rings is 1. The molecule has 0 bridgehead atoms. The van der Waals surface area contributed by atoms with Gasteiger partial charge in [0.05, 0.1) is 20.5 Å². The monoisotopic (exact) mass is 431 g/mol. The van der Waals surface area contributed by atoms with Crippen LogP contribution in [0, 0.1) is 5.92 Å². The number of aromatic nitrogens is 2. The molecule has 2 aromatic rings. The van der Waals surface area contributed by atoms with Crippen LogP contribution in [-0.4, -0.2) is 47.5 Å². The highest BCUT2D eigenvalue weighted by Gasteiger charge is 2.60. The molecule has 1 aliphatic heterocycles. The molecule has 2 heterocycles. The zero-order chi connectivity index (χ0) is 21.5. The Labute approximate surface area is 178 Å². The second-order valence-corrected chi connectivity index (χ2v) is 7.71. The van der Waals surface area contributed by atoms with Crippen LogP contribution in [0.1, 0.15) is 23.7 Å². The second kappa shape index (κ2) is 7.68. The second-order valence-electron chi connectivity index (χ2n) is 7.33. The summed E-state index contributed by atoms with van der Waals surface area (Å²) in [6, 6.07) is 1.53. The van der Waals surface area contributed by atoms with Crippen molar-refractivity contribution in [3.8, 4) is 17.2 Å². The molecule has 8 nitrogen and oxygen atoms in total. The Hall–Kier alpha value is -3.00. The van der Waals surface area contributed by atoms with Gasteiger partial charge < -0.3 is 24.1 Å². The van der Waals surface area contributed by atoms with Crippen LogP contribution in [0.2, 0.25) is 5.02 Å². The van der Waals surface area contributed by atoms with Crippen molar-refractivity contribution >= 4 is 23.2 Å². The van der Waals surface area contributed by atoms with Crippen LogP contribution in [0.15, 0.2) is 36.6 Å². The molecule has 158 valence electrons. The Balaban J connectivity index is 1.61. The average Bonchev–Trinajstić information content (AvgIpc) is 3.35. The van der Waals surface area contributed by atoms with Gasteiger partial charge in [-0.15, -0.1) is 0 Å². The molecule has 1 aromatic heterocycles. The van der Waals surface area contributed by atoms with E-state index in [2.05, 4.69) is 10.3 Å². The molecule has 1 aliphatic carbocycles. The summed E-state index contributed by atoms with van der Waals surface area (Å²) in [6.45, 7) is 3.16.